The Labute approximate surface area is 197 Å². The molecule has 4 rings (SSSR count). The lowest BCUT2D eigenvalue weighted by Gasteiger charge is -2.21. The Balaban J connectivity index is 1.98. The molecule has 3 heterocycles. The number of anilines is 3. The number of nitrogens with zero attached hydrogens (tertiary/aromatic N) is 6. The second-order valence-electron chi connectivity index (χ2n) is 7.16. The molecule has 33 heavy (non-hydrogen) atoms. The first-order valence-electron chi connectivity index (χ1n) is 9.64. The van der Waals surface area contributed by atoms with Crippen molar-refractivity contribution in [3.8, 4) is 11.8 Å². The Bertz CT molecular complexity index is 1490. The van der Waals surface area contributed by atoms with E-state index in [0.717, 1.165) is 0 Å². The SMILES string of the molecule is Cc1nc(N)c(C#N)c(N[C@@H](C)c2nc3c(Cl)ccc(Cl)c3c(=O)n2-c2ccc(N)nc2)n1. The molecule has 0 aliphatic carbocycles. The second kappa shape index (κ2) is 8.54. The fraction of sp³-hybridized carbons (Fsp3) is 0.143. The number of halogens is 2. The van der Waals surface area contributed by atoms with Crippen molar-refractivity contribution in [3.05, 3.63) is 68.1 Å². The molecule has 3 aromatic heterocycles. The summed E-state index contributed by atoms with van der Waals surface area (Å²) in [6, 6.07) is 7.67. The summed E-state index contributed by atoms with van der Waals surface area (Å²) in [5.41, 5.74) is 11.9. The Kier molecular flexibility index (Phi) is 5.76. The first kappa shape index (κ1) is 22.3. The number of fused-ring (bicyclic) bond motifs is 1. The van der Waals surface area contributed by atoms with E-state index in [1.54, 1.807) is 32.0 Å². The van der Waals surface area contributed by atoms with Crippen molar-refractivity contribution in [2.24, 2.45) is 0 Å². The molecule has 0 amide bonds. The minimum Gasteiger partial charge on any atom is -0.384 e. The molecule has 0 fully saturated rings. The molecule has 0 spiro atoms. The van der Waals surface area contributed by atoms with Gasteiger partial charge in [0.05, 0.1) is 38.9 Å². The molecular weight excluding hydrogens is 465 g/mol. The van der Waals surface area contributed by atoms with E-state index >= 15 is 0 Å². The minimum atomic E-state index is -0.629. The van der Waals surface area contributed by atoms with Crippen LogP contribution in [0.4, 0.5) is 17.5 Å². The Morgan fingerprint density at radius 1 is 1.12 bits per heavy atom. The zero-order valence-electron chi connectivity index (χ0n) is 17.5. The lowest BCUT2D eigenvalue weighted by molar-refractivity contribution is 0.728. The van der Waals surface area contributed by atoms with Crippen LogP contribution in [-0.4, -0.2) is 24.5 Å². The van der Waals surface area contributed by atoms with Gasteiger partial charge in [-0.2, -0.15) is 5.26 Å². The van der Waals surface area contributed by atoms with E-state index in [1.165, 1.54) is 16.8 Å². The molecule has 0 unspecified atom stereocenters. The van der Waals surface area contributed by atoms with E-state index in [0.29, 0.717) is 17.3 Å². The van der Waals surface area contributed by atoms with Gasteiger partial charge in [0, 0.05) is 0 Å². The largest absolute Gasteiger partial charge is 0.384 e. The van der Waals surface area contributed by atoms with Crippen LogP contribution in [0.25, 0.3) is 16.6 Å². The van der Waals surface area contributed by atoms with Crippen LogP contribution >= 0.6 is 23.2 Å². The summed E-state index contributed by atoms with van der Waals surface area (Å²) in [6.45, 7) is 3.40. The van der Waals surface area contributed by atoms with Crippen LogP contribution in [0, 0.1) is 18.3 Å². The molecule has 4 aromatic rings. The molecule has 10 nitrogen and oxygen atoms in total. The lowest BCUT2D eigenvalue weighted by Crippen LogP contribution is -2.28. The fourth-order valence-electron chi connectivity index (χ4n) is 3.38. The average molecular weight is 482 g/mol. The molecule has 1 atom stereocenters. The molecule has 166 valence electrons. The van der Waals surface area contributed by atoms with E-state index in [2.05, 4.69) is 25.3 Å². The van der Waals surface area contributed by atoms with E-state index < -0.39 is 11.6 Å². The maximum absolute atomic E-state index is 13.6. The summed E-state index contributed by atoms with van der Waals surface area (Å²) in [5.74, 6) is 1.20. The van der Waals surface area contributed by atoms with Crippen molar-refractivity contribution in [2.45, 2.75) is 19.9 Å². The number of nitrogen functional groups attached to an aromatic ring is 2. The lowest BCUT2D eigenvalue weighted by atomic mass is 10.2. The summed E-state index contributed by atoms with van der Waals surface area (Å²) in [6.07, 6.45) is 1.45. The van der Waals surface area contributed by atoms with Gasteiger partial charge < -0.3 is 16.8 Å². The van der Waals surface area contributed by atoms with Crippen molar-refractivity contribution in [2.75, 3.05) is 16.8 Å². The van der Waals surface area contributed by atoms with E-state index in [-0.39, 0.29) is 44.0 Å². The molecule has 0 saturated carbocycles. The van der Waals surface area contributed by atoms with Gasteiger partial charge in [-0.25, -0.2) is 19.9 Å². The predicted octanol–water partition coefficient (Wildman–Crippen LogP) is 3.40. The first-order valence-corrected chi connectivity index (χ1v) is 10.4. The number of rotatable bonds is 4. The van der Waals surface area contributed by atoms with Gasteiger partial charge in [-0.05, 0) is 38.1 Å². The number of aromatic nitrogens is 5. The van der Waals surface area contributed by atoms with E-state index in [9.17, 15) is 10.1 Å². The Hall–Kier alpha value is -3.94. The Morgan fingerprint density at radius 2 is 1.85 bits per heavy atom. The zero-order chi connectivity index (χ0) is 23.9. The summed E-state index contributed by atoms with van der Waals surface area (Å²) in [4.78, 5) is 30.6. The van der Waals surface area contributed by atoms with Crippen LogP contribution in [0.15, 0.2) is 35.3 Å². The summed E-state index contributed by atoms with van der Waals surface area (Å²) >= 11 is 12.7. The van der Waals surface area contributed by atoms with Crippen LogP contribution in [0.1, 0.15) is 30.2 Å². The highest BCUT2D eigenvalue weighted by Crippen LogP contribution is 2.29. The third kappa shape index (κ3) is 4.00. The molecule has 0 radical (unpaired) electrons. The zero-order valence-corrected chi connectivity index (χ0v) is 19.0. The topological polar surface area (TPSA) is 161 Å². The highest BCUT2D eigenvalue weighted by Gasteiger charge is 2.23. The summed E-state index contributed by atoms with van der Waals surface area (Å²) < 4.78 is 1.36. The van der Waals surface area contributed by atoms with Crippen molar-refractivity contribution in [1.29, 1.82) is 5.26 Å². The van der Waals surface area contributed by atoms with Gasteiger partial charge in [-0.1, -0.05) is 23.2 Å². The highest BCUT2D eigenvalue weighted by atomic mass is 35.5. The number of pyridine rings is 1. The predicted molar refractivity (Wildman–Crippen MR) is 128 cm³/mol. The van der Waals surface area contributed by atoms with Crippen molar-refractivity contribution < 1.29 is 0 Å². The monoisotopic (exact) mass is 481 g/mol. The van der Waals surface area contributed by atoms with Crippen LogP contribution < -0.4 is 22.3 Å². The molecule has 12 heteroatoms. The van der Waals surface area contributed by atoms with Crippen LogP contribution in [0.5, 0.6) is 0 Å². The third-order valence-electron chi connectivity index (χ3n) is 4.88. The number of benzene rings is 1. The third-order valence-corrected chi connectivity index (χ3v) is 5.50. The molecule has 5 N–H and O–H groups in total. The highest BCUT2D eigenvalue weighted by molar-refractivity contribution is 6.39. The first-order chi connectivity index (χ1) is 15.7. The number of nitrogens with two attached hydrogens (primary N) is 2. The number of nitriles is 1. The number of nitrogens with one attached hydrogen (secondary N) is 1. The number of hydrogen-bond acceptors (Lipinski definition) is 9. The second-order valence-corrected chi connectivity index (χ2v) is 7.98. The van der Waals surface area contributed by atoms with Crippen molar-refractivity contribution in [1.82, 2.24) is 24.5 Å². The summed E-state index contributed by atoms with van der Waals surface area (Å²) in [7, 11) is 0. The molecule has 0 aliphatic rings. The van der Waals surface area contributed by atoms with Crippen LogP contribution in [-0.2, 0) is 0 Å². The van der Waals surface area contributed by atoms with Gasteiger partial charge in [0.25, 0.3) is 5.56 Å². The molecule has 1 aromatic carbocycles. The van der Waals surface area contributed by atoms with E-state index in [4.69, 9.17) is 34.7 Å². The van der Waals surface area contributed by atoms with Gasteiger partial charge in [0.15, 0.2) is 5.82 Å². The maximum atomic E-state index is 13.6. The quantitative estimate of drug-likeness (QED) is 0.396. The fourth-order valence-corrected chi connectivity index (χ4v) is 3.82. The summed E-state index contributed by atoms with van der Waals surface area (Å²) in [5, 5.41) is 13.3. The standard InChI is InChI=1S/C21H17Cl2N9O/c1-9(28-19-12(7-24)18(26)29-10(2)30-19)20-31-17-14(23)5-4-13(22)16(17)21(33)32(20)11-3-6-15(25)27-8-11/h3-6,8-9H,1-2H3,(H2,25,27)(H3,26,28,29,30)/t9-/m0/s1. The van der Waals surface area contributed by atoms with Gasteiger partial charge >= 0.3 is 0 Å². The van der Waals surface area contributed by atoms with Gasteiger partial charge in [-0.15, -0.1) is 0 Å². The maximum Gasteiger partial charge on any atom is 0.267 e. The molecule has 0 aliphatic heterocycles. The van der Waals surface area contributed by atoms with Gasteiger partial charge in [0.2, 0.25) is 0 Å². The Morgan fingerprint density at radius 3 is 2.52 bits per heavy atom. The molecule has 0 saturated heterocycles. The molecular formula is C21H17Cl2N9O. The van der Waals surface area contributed by atoms with Crippen LogP contribution in [0.3, 0.4) is 0 Å². The van der Waals surface area contributed by atoms with Crippen LogP contribution in [0.2, 0.25) is 10.0 Å². The normalized spacial score (nSPS) is 11.8. The number of hydrogen-bond donors (Lipinski definition) is 3. The van der Waals surface area contributed by atoms with Crippen molar-refractivity contribution in [3.63, 3.8) is 0 Å². The molecule has 0 bridgehead atoms. The van der Waals surface area contributed by atoms with Gasteiger partial charge in [0.1, 0.15) is 34.9 Å². The van der Waals surface area contributed by atoms with Crippen molar-refractivity contribution >= 4 is 51.6 Å². The average Bonchev–Trinajstić information content (AvgIpc) is 2.76. The number of aryl methyl sites for hydroxylation is 1. The smallest absolute Gasteiger partial charge is 0.267 e. The van der Waals surface area contributed by atoms with E-state index in [1.807, 2.05) is 6.07 Å². The van der Waals surface area contributed by atoms with Gasteiger partial charge in [-0.3, -0.25) is 9.36 Å². The minimum absolute atomic E-state index is 0.0427.